The average Bonchev–Trinajstić information content (AvgIpc) is 2.35. The molecule has 0 fully saturated rings. The van der Waals surface area contributed by atoms with Crippen molar-refractivity contribution in [1.82, 2.24) is 0 Å². The molecule has 0 aliphatic carbocycles. The topological polar surface area (TPSA) is 64.4 Å². The number of rotatable bonds is 7. The fraction of sp³-hybridized carbons (Fsp3) is 0.462. The van der Waals surface area contributed by atoms with E-state index in [1.54, 1.807) is 18.2 Å². The van der Waals surface area contributed by atoms with Crippen LogP contribution in [-0.4, -0.2) is 25.0 Å². The predicted octanol–water partition coefficient (Wildman–Crippen LogP) is 2.82. The van der Waals surface area contributed by atoms with Crippen molar-refractivity contribution in [2.45, 2.75) is 32.2 Å². The molecule has 1 aromatic rings. The summed E-state index contributed by atoms with van der Waals surface area (Å²) in [7, 11) is 0. The molecule has 1 rings (SSSR count). The van der Waals surface area contributed by atoms with Crippen molar-refractivity contribution in [3.8, 4) is 5.75 Å². The smallest absolute Gasteiger partial charge is 0.272 e. The molecule has 7 heteroatoms. The minimum absolute atomic E-state index is 0. The summed E-state index contributed by atoms with van der Waals surface area (Å²) in [5.74, 6) is 0.0161. The van der Waals surface area contributed by atoms with Crippen molar-refractivity contribution >= 4 is 24.0 Å². The second-order valence-electron chi connectivity index (χ2n) is 4.26. The molecule has 1 unspecified atom stereocenters. The van der Waals surface area contributed by atoms with E-state index in [9.17, 15) is 13.6 Å². The van der Waals surface area contributed by atoms with E-state index < -0.39 is 13.0 Å². The summed E-state index contributed by atoms with van der Waals surface area (Å²) in [6, 6.07) is 6.42. The summed E-state index contributed by atoms with van der Waals surface area (Å²) in [6.07, 6.45) is -1.71. The highest BCUT2D eigenvalue weighted by molar-refractivity contribution is 5.92. The van der Waals surface area contributed by atoms with Gasteiger partial charge in [-0.15, -0.1) is 12.4 Å². The highest BCUT2D eigenvalue weighted by Gasteiger charge is 2.10. The van der Waals surface area contributed by atoms with Crippen LogP contribution in [0.1, 0.15) is 19.8 Å². The first-order valence-electron chi connectivity index (χ1n) is 6.04. The number of carbonyl (C=O) groups is 1. The first-order valence-corrected chi connectivity index (χ1v) is 6.04. The van der Waals surface area contributed by atoms with Gasteiger partial charge in [0.05, 0.1) is 5.69 Å². The molecule has 0 bridgehead atoms. The molecule has 1 atom stereocenters. The fourth-order valence-electron chi connectivity index (χ4n) is 1.42. The lowest BCUT2D eigenvalue weighted by Crippen LogP contribution is -2.20. The van der Waals surface area contributed by atoms with Gasteiger partial charge in [0.15, 0.2) is 0 Å². The van der Waals surface area contributed by atoms with E-state index >= 15 is 0 Å². The number of hydrogen-bond acceptors (Lipinski definition) is 3. The van der Waals surface area contributed by atoms with E-state index in [4.69, 9.17) is 10.5 Å². The molecule has 1 amide bonds. The largest absolute Gasteiger partial charge is 0.485 e. The summed E-state index contributed by atoms with van der Waals surface area (Å²) < 4.78 is 29.1. The number of hydrogen-bond donors (Lipinski definition) is 2. The SMILES string of the molecule is CC(N)CCC(=O)Nc1ccccc1OCC(F)F.Cl. The Morgan fingerprint density at radius 1 is 1.40 bits per heavy atom. The molecule has 20 heavy (non-hydrogen) atoms. The third-order valence-corrected chi connectivity index (χ3v) is 2.35. The second-order valence-corrected chi connectivity index (χ2v) is 4.26. The zero-order chi connectivity index (χ0) is 14.3. The van der Waals surface area contributed by atoms with E-state index in [1.165, 1.54) is 6.07 Å². The van der Waals surface area contributed by atoms with Crippen LogP contribution in [0.2, 0.25) is 0 Å². The van der Waals surface area contributed by atoms with Crippen LogP contribution in [0.4, 0.5) is 14.5 Å². The molecule has 0 heterocycles. The van der Waals surface area contributed by atoms with Gasteiger partial charge in [-0.1, -0.05) is 12.1 Å². The Hall–Kier alpha value is -1.40. The zero-order valence-corrected chi connectivity index (χ0v) is 12.0. The molecule has 1 aromatic carbocycles. The van der Waals surface area contributed by atoms with Crippen molar-refractivity contribution in [2.75, 3.05) is 11.9 Å². The Kier molecular flexibility index (Phi) is 8.83. The second kappa shape index (κ2) is 9.50. The molecule has 3 N–H and O–H groups in total. The monoisotopic (exact) mass is 308 g/mol. The molecule has 4 nitrogen and oxygen atoms in total. The number of amides is 1. The number of nitrogens with one attached hydrogen (secondary N) is 1. The van der Waals surface area contributed by atoms with Crippen LogP contribution in [0.5, 0.6) is 5.75 Å². The van der Waals surface area contributed by atoms with E-state index in [-0.39, 0.29) is 36.5 Å². The van der Waals surface area contributed by atoms with Gasteiger partial charge in [-0.05, 0) is 25.5 Å². The number of carbonyl (C=O) groups excluding carboxylic acids is 1. The number of alkyl halides is 2. The van der Waals surface area contributed by atoms with Gasteiger partial charge in [0.2, 0.25) is 5.91 Å². The highest BCUT2D eigenvalue weighted by Crippen LogP contribution is 2.24. The van der Waals surface area contributed by atoms with Crippen LogP contribution in [0, 0.1) is 0 Å². The molecule has 0 aliphatic heterocycles. The maximum absolute atomic E-state index is 12.1. The summed E-state index contributed by atoms with van der Waals surface area (Å²) in [4.78, 5) is 11.6. The van der Waals surface area contributed by atoms with Gasteiger partial charge >= 0.3 is 0 Å². The molecule has 0 aliphatic rings. The molecular formula is C13H19ClF2N2O2. The fourth-order valence-corrected chi connectivity index (χ4v) is 1.42. The van der Waals surface area contributed by atoms with Gasteiger partial charge in [-0.25, -0.2) is 8.78 Å². The minimum atomic E-state index is -2.55. The van der Waals surface area contributed by atoms with Crippen molar-refractivity contribution in [3.63, 3.8) is 0 Å². The molecule has 0 spiro atoms. The number of benzene rings is 1. The molecule has 114 valence electrons. The Morgan fingerprint density at radius 2 is 2.05 bits per heavy atom. The number of ether oxygens (including phenoxy) is 1. The van der Waals surface area contributed by atoms with Crippen molar-refractivity contribution in [1.29, 1.82) is 0 Å². The molecular weight excluding hydrogens is 290 g/mol. The van der Waals surface area contributed by atoms with E-state index in [2.05, 4.69) is 5.32 Å². The summed E-state index contributed by atoms with van der Waals surface area (Å²) in [5.41, 5.74) is 5.94. The quantitative estimate of drug-likeness (QED) is 0.814. The average molecular weight is 309 g/mol. The highest BCUT2D eigenvalue weighted by atomic mass is 35.5. The minimum Gasteiger partial charge on any atom is -0.485 e. The lowest BCUT2D eigenvalue weighted by Gasteiger charge is -2.12. The molecule has 0 aromatic heterocycles. The predicted molar refractivity (Wildman–Crippen MR) is 76.7 cm³/mol. The van der Waals surface area contributed by atoms with Gasteiger partial charge < -0.3 is 15.8 Å². The van der Waals surface area contributed by atoms with E-state index in [1.807, 2.05) is 6.92 Å². The van der Waals surface area contributed by atoms with Crippen molar-refractivity contribution < 1.29 is 18.3 Å². The number of halogens is 3. The third-order valence-electron chi connectivity index (χ3n) is 2.35. The van der Waals surface area contributed by atoms with Gasteiger partial charge in [0.1, 0.15) is 12.4 Å². The lowest BCUT2D eigenvalue weighted by molar-refractivity contribution is -0.116. The van der Waals surface area contributed by atoms with Crippen molar-refractivity contribution in [3.05, 3.63) is 24.3 Å². The van der Waals surface area contributed by atoms with E-state index in [0.717, 1.165) is 0 Å². The van der Waals surface area contributed by atoms with Crippen LogP contribution in [0.3, 0.4) is 0 Å². The summed E-state index contributed by atoms with van der Waals surface area (Å²) in [5, 5.41) is 2.63. The van der Waals surface area contributed by atoms with Crippen LogP contribution in [-0.2, 0) is 4.79 Å². The number of nitrogens with two attached hydrogens (primary N) is 1. The summed E-state index contributed by atoms with van der Waals surface area (Å²) in [6.45, 7) is 1.11. The Morgan fingerprint density at radius 3 is 2.65 bits per heavy atom. The van der Waals surface area contributed by atoms with Crippen LogP contribution in [0.25, 0.3) is 0 Å². The van der Waals surface area contributed by atoms with Crippen molar-refractivity contribution in [2.24, 2.45) is 5.73 Å². The van der Waals surface area contributed by atoms with E-state index in [0.29, 0.717) is 12.1 Å². The zero-order valence-electron chi connectivity index (χ0n) is 11.1. The number of para-hydroxylation sites is 2. The normalized spacial score (nSPS) is 11.7. The van der Waals surface area contributed by atoms with Crippen LogP contribution in [0.15, 0.2) is 24.3 Å². The van der Waals surface area contributed by atoms with Crippen LogP contribution < -0.4 is 15.8 Å². The standard InChI is InChI=1S/C13H18F2N2O2.ClH/c1-9(16)6-7-13(18)17-10-4-2-3-5-11(10)19-8-12(14)15;/h2-5,9,12H,6-8,16H2,1H3,(H,17,18);1H. The van der Waals surface area contributed by atoms with Gasteiger partial charge in [-0.3, -0.25) is 4.79 Å². The first kappa shape index (κ1) is 18.6. The molecule has 0 saturated carbocycles. The maximum Gasteiger partial charge on any atom is 0.272 e. The Bertz CT molecular complexity index is 417. The molecule has 0 radical (unpaired) electrons. The third kappa shape index (κ3) is 7.25. The van der Waals surface area contributed by atoms with Crippen LogP contribution >= 0.6 is 12.4 Å². The summed E-state index contributed by atoms with van der Waals surface area (Å²) >= 11 is 0. The lowest BCUT2D eigenvalue weighted by atomic mass is 10.2. The van der Waals surface area contributed by atoms with Gasteiger partial charge in [0, 0.05) is 12.5 Å². The van der Waals surface area contributed by atoms with Gasteiger partial charge in [0.25, 0.3) is 6.43 Å². The van der Waals surface area contributed by atoms with Gasteiger partial charge in [-0.2, -0.15) is 0 Å². The number of anilines is 1. The Labute approximate surface area is 123 Å². The maximum atomic E-state index is 12.1. The molecule has 0 saturated heterocycles. The Balaban J connectivity index is 0.00000361. The first-order chi connectivity index (χ1) is 8.99.